The van der Waals surface area contributed by atoms with Crippen molar-refractivity contribution < 1.29 is 4.74 Å². The van der Waals surface area contributed by atoms with Gasteiger partial charge in [0.2, 0.25) is 0 Å². The second-order valence-electron chi connectivity index (χ2n) is 7.13. The van der Waals surface area contributed by atoms with Gasteiger partial charge in [0.15, 0.2) is 0 Å². The highest BCUT2D eigenvalue weighted by Crippen LogP contribution is 2.08. The molecule has 3 nitrogen and oxygen atoms in total. The number of hydrogen-bond acceptors (Lipinski definition) is 3. The van der Waals surface area contributed by atoms with Gasteiger partial charge in [0.05, 0.1) is 12.7 Å². The van der Waals surface area contributed by atoms with E-state index in [4.69, 9.17) is 4.74 Å². The Bertz CT molecular complexity index is 219. The molecule has 0 fully saturated rings. The van der Waals surface area contributed by atoms with Crippen molar-refractivity contribution in [3.8, 4) is 0 Å². The summed E-state index contributed by atoms with van der Waals surface area (Å²) in [5.41, 5.74) is 0. The highest BCUT2D eigenvalue weighted by atomic mass is 16.5. The van der Waals surface area contributed by atoms with E-state index in [2.05, 4.69) is 65.6 Å². The third kappa shape index (κ3) is 8.93. The molecule has 0 aromatic carbocycles. The van der Waals surface area contributed by atoms with E-state index < -0.39 is 0 Å². The molecule has 0 rings (SSSR count). The van der Waals surface area contributed by atoms with Gasteiger partial charge in [-0.3, -0.25) is 4.90 Å². The third-order valence-electron chi connectivity index (χ3n) is 3.65. The summed E-state index contributed by atoms with van der Waals surface area (Å²) >= 11 is 0. The van der Waals surface area contributed by atoms with Gasteiger partial charge in [0.1, 0.15) is 0 Å². The summed E-state index contributed by atoms with van der Waals surface area (Å²) in [4.78, 5) is 2.49. The van der Waals surface area contributed by atoms with Crippen LogP contribution < -0.4 is 5.32 Å². The van der Waals surface area contributed by atoms with Crippen molar-refractivity contribution in [2.75, 3.05) is 26.2 Å². The molecule has 1 N–H and O–H groups in total. The van der Waals surface area contributed by atoms with Gasteiger partial charge in [-0.1, -0.05) is 27.7 Å². The van der Waals surface area contributed by atoms with Gasteiger partial charge in [-0.05, 0) is 46.1 Å². The quantitative estimate of drug-likeness (QED) is 0.630. The summed E-state index contributed by atoms with van der Waals surface area (Å²) in [7, 11) is 0. The van der Waals surface area contributed by atoms with Crippen LogP contribution in [0, 0.1) is 11.8 Å². The highest BCUT2D eigenvalue weighted by molar-refractivity contribution is 4.70. The predicted octanol–water partition coefficient (Wildman–Crippen LogP) is 3.39. The maximum Gasteiger partial charge on any atom is 0.0722 e. The fourth-order valence-corrected chi connectivity index (χ4v) is 2.42. The molecule has 0 aliphatic carbocycles. The lowest BCUT2D eigenvalue weighted by Gasteiger charge is -2.31. The lowest BCUT2D eigenvalue weighted by Crippen LogP contribution is -2.41. The molecule has 20 heavy (non-hydrogen) atoms. The summed E-state index contributed by atoms with van der Waals surface area (Å²) < 4.78 is 6.11. The Hall–Kier alpha value is -0.120. The monoisotopic (exact) mass is 286 g/mol. The van der Waals surface area contributed by atoms with Crippen molar-refractivity contribution in [2.24, 2.45) is 11.8 Å². The average molecular weight is 287 g/mol. The molecule has 0 heterocycles. The molecular weight excluding hydrogens is 248 g/mol. The van der Waals surface area contributed by atoms with Crippen LogP contribution in [0.25, 0.3) is 0 Å². The van der Waals surface area contributed by atoms with Crippen molar-refractivity contribution in [3.05, 3.63) is 0 Å². The smallest absolute Gasteiger partial charge is 0.0722 e. The van der Waals surface area contributed by atoms with E-state index in [0.29, 0.717) is 30.0 Å². The summed E-state index contributed by atoms with van der Waals surface area (Å²) in [5.74, 6) is 1.25. The van der Waals surface area contributed by atoms with Gasteiger partial charge < -0.3 is 10.1 Å². The Labute approximate surface area is 127 Å². The fourth-order valence-electron chi connectivity index (χ4n) is 2.42. The minimum atomic E-state index is 0.315. The number of nitrogens with zero attached hydrogens (tertiary/aromatic N) is 1. The zero-order chi connectivity index (χ0) is 15.7. The number of ether oxygens (including phenoxy) is 1. The Morgan fingerprint density at radius 1 is 0.850 bits per heavy atom. The lowest BCUT2D eigenvalue weighted by molar-refractivity contribution is 0.00237. The van der Waals surface area contributed by atoms with Crippen LogP contribution in [-0.2, 0) is 4.74 Å². The van der Waals surface area contributed by atoms with Crippen molar-refractivity contribution in [3.63, 3.8) is 0 Å². The van der Waals surface area contributed by atoms with E-state index in [0.717, 1.165) is 26.2 Å². The van der Waals surface area contributed by atoms with Gasteiger partial charge in [0, 0.05) is 25.2 Å². The van der Waals surface area contributed by atoms with Crippen molar-refractivity contribution >= 4 is 0 Å². The zero-order valence-electron chi connectivity index (χ0n) is 15.1. The van der Waals surface area contributed by atoms with E-state index in [1.807, 2.05) is 0 Å². The second kappa shape index (κ2) is 10.6. The highest BCUT2D eigenvalue weighted by Gasteiger charge is 2.16. The Morgan fingerprint density at radius 2 is 1.40 bits per heavy atom. The number of nitrogens with one attached hydrogen (secondary N) is 1. The number of hydrogen-bond donors (Lipinski definition) is 1. The third-order valence-corrected chi connectivity index (χ3v) is 3.65. The molecule has 0 aliphatic heterocycles. The number of rotatable bonds is 11. The summed E-state index contributed by atoms with van der Waals surface area (Å²) in [6.45, 7) is 21.8. The summed E-state index contributed by atoms with van der Waals surface area (Å²) in [5, 5.41) is 3.51. The first-order valence-corrected chi connectivity index (χ1v) is 8.33. The first-order valence-electron chi connectivity index (χ1n) is 8.33. The molecular formula is C17H38N2O. The van der Waals surface area contributed by atoms with E-state index >= 15 is 0 Å². The van der Waals surface area contributed by atoms with Crippen LogP contribution in [0.1, 0.15) is 55.4 Å². The fraction of sp³-hybridized carbons (Fsp3) is 1.00. The van der Waals surface area contributed by atoms with Gasteiger partial charge in [-0.15, -0.1) is 0 Å². The van der Waals surface area contributed by atoms with Crippen LogP contribution in [0.4, 0.5) is 0 Å². The van der Waals surface area contributed by atoms with Gasteiger partial charge >= 0.3 is 0 Å². The molecule has 3 heteroatoms. The first kappa shape index (κ1) is 19.9. The first-order chi connectivity index (χ1) is 9.25. The Morgan fingerprint density at radius 3 is 1.80 bits per heavy atom. The van der Waals surface area contributed by atoms with Crippen LogP contribution in [0.15, 0.2) is 0 Å². The Balaban J connectivity index is 4.07. The van der Waals surface area contributed by atoms with Gasteiger partial charge in [-0.25, -0.2) is 0 Å². The molecule has 0 aliphatic rings. The molecule has 0 amide bonds. The maximum atomic E-state index is 6.11. The van der Waals surface area contributed by atoms with Crippen LogP contribution >= 0.6 is 0 Å². The SMILES string of the molecule is CC(C)CNCC(OCCN(C(C)C)C(C)C)C(C)C. The van der Waals surface area contributed by atoms with Gasteiger partial charge in [-0.2, -0.15) is 0 Å². The van der Waals surface area contributed by atoms with Crippen LogP contribution in [0.5, 0.6) is 0 Å². The molecule has 0 aromatic rings. The van der Waals surface area contributed by atoms with E-state index in [9.17, 15) is 0 Å². The average Bonchev–Trinajstić information content (AvgIpc) is 2.30. The molecule has 1 unspecified atom stereocenters. The minimum Gasteiger partial charge on any atom is -0.375 e. The van der Waals surface area contributed by atoms with Crippen LogP contribution in [-0.4, -0.2) is 49.3 Å². The Kier molecular flexibility index (Phi) is 10.5. The normalized spacial score (nSPS) is 14.2. The van der Waals surface area contributed by atoms with Gasteiger partial charge in [0.25, 0.3) is 0 Å². The topological polar surface area (TPSA) is 24.5 Å². The second-order valence-corrected chi connectivity index (χ2v) is 7.13. The molecule has 0 spiro atoms. The molecule has 0 bridgehead atoms. The van der Waals surface area contributed by atoms with Crippen molar-refractivity contribution in [1.29, 1.82) is 0 Å². The molecule has 1 atom stereocenters. The van der Waals surface area contributed by atoms with E-state index in [-0.39, 0.29) is 0 Å². The van der Waals surface area contributed by atoms with Crippen LogP contribution in [0.3, 0.4) is 0 Å². The summed E-state index contributed by atoms with van der Waals surface area (Å²) in [6, 6.07) is 1.16. The largest absolute Gasteiger partial charge is 0.375 e. The molecule has 0 saturated heterocycles. The van der Waals surface area contributed by atoms with Crippen molar-refractivity contribution in [1.82, 2.24) is 10.2 Å². The zero-order valence-corrected chi connectivity index (χ0v) is 15.1. The van der Waals surface area contributed by atoms with Crippen LogP contribution in [0.2, 0.25) is 0 Å². The lowest BCUT2D eigenvalue weighted by atomic mass is 10.1. The molecule has 0 saturated carbocycles. The summed E-state index contributed by atoms with van der Waals surface area (Å²) in [6.07, 6.45) is 0.315. The van der Waals surface area contributed by atoms with E-state index in [1.54, 1.807) is 0 Å². The standard InChI is InChI=1S/C17H38N2O/c1-13(2)11-18-12-17(14(3)4)20-10-9-19(15(5)6)16(7)8/h13-18H,9-12H2,1-8H3. The molecule has 122 valence electrons. The molecule has 0 aromatic heterocycles. The van der Waals surface area contributed by atoms with E-state index in [1.165, 1.54) is 0 Å². The van der Waals surface area contributed by atoms with Crippen molar-refractivity contribution in [2.45, 2.75) is 73.6 Å². The maximum absolute atomic E-state index is 6.11. The minimum absolute atomic E-state index is 0.315. The predicted molar refractivity (Wildman–Crippen MR) is 89.3 cm³/mol. The molecule has 0 radical (unpaired) electrons.